The molecule has 0 spiro atoms. The van der Waals surface area contributed by atoms with Gasteiger partial charge < -0.3 is 20.4 Å². The fraction of sp³-hybridized carbons (Fsp3) is 0.714. The number of rotatable bonds is 5. The molecular weight excluding hydrogens is 180 g/mol. The Hall–Kier alpha value is -0.820. The van der Waals surface area contributed by atoms with Crippen molar-refractivity contribution in [2.24, 2.45) is 0 Å². The molecule has 13 heavy (non-hydrogen) atoms. The molecule has 4 atom stereocenters. The van der Waals surface area contributed by atoms with Gasteiger partial charge in [-0.25, -0.2) is 0 Å². The lowest BCUT2D eigenvalue weighted by Gasteiger charge is -2.22. The molecule has 0 fully saturated rings. The molecule has 0 bridgehead atoms. The van der Waals surface area contributed by atoms with Crippen molar-refractivity contribution in [2.75, 3.05) is 0 Å². The van der Waals surface area contributed by atoms with E-state index in [-0.39, 0.29) is 6.29 Å². The van der Waals surface area contributed by atoms with Crippen LogP contribution >= 0.6 is 0 Å². The van der Waals surface area contributed by atoms with Gasteiger partial charge in [0.25, 0.3) is 0 Å². The Morgan fingerprint density at radius 2 is 1.62 bits per heavy atom. The number of Topliss-reactive ketones (excluding diaryl/α,β-unsaturated/α-hetero) is 1. The Labute approximate surface area is 74.4 Å². The van der Waals surface area contributed by atoms with Gasteiger partial charge in [-0.05, 0) is 6.92 Å². The van der Waals surface area contributed by atoms with E-state index in [1.165, 1.54) is 6.92 Å². The predicted octanol–water partition coefficient (Wildman–Crippen LogP) is -2.78. The number of aliphatic hydroxyl groups excluding tert-OH is 4. The van der Waals surface area contributed by atoms with Crippen LogP contribution in [0.15, 0.2) is 0 Å². The molecule has 0 unspecified atom stereocenters. The normalized spacial score (nSPS) is 20.1. The molecule has 76 valence electrons. The van der Waals surface area contributed by atoms with Gasteiger partial charge in [-0.1, -0.05) is 0 Å². The van der Waals surface area contributed by atoms with Gasteiger partial charge in [-0.3, -0.25) is 9.59 Å². The Bertz CT molecular complexity index is 189. The fourth-order valence-corrected chi connectivity index (χ4v) is 0.710. The van der Waals surface area contributed by atoms with Crippen molar-refractivity contribution in [3.63, 3.8) is 0 Å². The molecule has 0 amide bonds. The molecule has 0 aliphatic heterocycles. The summed E-state index contributed by atoms with van der Waals surface area (Å²) in [5.41, 5.74) is 0. The average Bonchev–Trinajstić information content (AvgIpc) is 2.12. The Balaban J connectivity index is 4.32. The Kier molecular flexibility index (Phi) is 4.71. The third-order valence-corrected chi connectivity index (χ3v) is 1.58. The van der Waals surface area contributed by atoms with E-state index in [2.05, 4.69) is 0 Å². The number of carbonyl (C=O) groups is 2. The smallest absolute Gasteiger partial charge is 0.226 e. The maximum absolute atomic E-state index is 10.5. The minimum atomic E-state index is -2.00. The monoisotopic (exact) mass is 192 g/mol. The van der Waals surface area contributed by atoms with Crippen LogP contribution in [0.3, 0.4) is 0 Å². The molecular formula is C7H12O6. The third kappa shape index (κ3) is 3.19. The van der Waals surface area contributed by atoms with E-state index in [9.17, 15) is 9.59 Å². The van der Waals surface area contributed by atoms with E-state index in [4.69, 9.17) is 20.4 Å². The highest BCUT2D eigenvalue weighted by Gasteiger charge is 2.32. The minimum Gasteiger partial charge on any atom is -0.391 e. The van der Waals surface area contributed by atoms with Gasteiger partial charge in [0.15, 0.2) is 6.29 Å². The van der Waals surface area contributed by atoms with E-state index < -0.39 is 30.2 Å². The van der Waals surface area contributed by atoms with Crippen molar-refractivity contribution in [2.45, 2.75) is 31.3 Å². The van der Waals surface area contributed by atoms with Crippen molar-refractivity contribution in [3.8, 4) is 0 Å². The van der Waals surface area contributed by atoms with E-state index in [1.807, 2.05) is 0 Å². The predicted molar refractivity (Wildman–Crippen MR) is 40.8 cm³/mol. The number of carbonyl (C=O) groups excluding carboxylic acids is 2. The van der Waals surface area contributed by atoms with Gasteiger partial charge in [-0.2, -0.15) is 0 Å². The van der Waals surface area contributed by atoms with Crippen LogP contribution in [0.4, 0.5) is 0 Å². The number of hydrogen-bond donors (Lipinski definition) is 4. The first kappa shape index (κ1) is 12.2. The van der Waals surface area contributed by atoms with E-state index in [0.717, 1.165) is 0 Å². The standard InChI is InChI=1S/C7H12O6/c1-3(9)5(11)7(13)6(12)4(10)2-8/h2-3,5-7,9,11-13H,1H3/t3-,5+,6+,7+/m0/s1. The zero-order valence-electron chi connectivity index (χ0n) is 6.99. The van der Waals surface area contributed by atoms with Gasteiger partial charge in [0, 0.05) is 0 Å². The summed E-state index contributed by atoms with van der Waals surface area (Å²) in [6, 6.07) is 0. The van der Waals surface area contributed by atoms with Gasteiger partial charge in [0.1, 0.15) is 18.3 Å². The van der Waals surface area contributed by atoms with Crippen molar-refractivity contribution >= 4 is 12.1 Å². The van der Waals surface area contributed by atoms with Crippen molar-refractivity contribution < 1.29 is 30.0 Å². The lowest BCUT2D eigenvalue weighted by molar-refractivity contribution is -0.147. The lowest BCUT2D eigenvalue weighted by Crippen LogP contribution is -2.47. The number of aldehydes is 1. The van der Waals surface area contributed by atoms with Crippen molar-refractivity contribution in [1.82, 2.24) is 0 Å². The largest absolute Gasteiger partial charge is 0.391 e. The summed E-state index contributed by atoms with van der Waals surface area (Å²) < 4.78 is 0. The summed E-state index contributed by atoms with van der Waals surface area (Å²) in [6.45, 7) is 1.17. The first-order valence-electron chi connectivity index (χ1n) is 3.63. The van der Waals surface area contributed by atoms with Crippen LogP contribution in [-0.4, -0.2) is 56.9 Å². The summed E-state index contributed by atoms with van der Waals surface area (Å²) in [7, 11) is 0. The van der Waals surface area contributed by atoms with E-state index >= 15 is 0 Å². The molecule has 0 aromatic carbocycles. The maximum atomic E-state index is 10.5. The van der Waals surface area contributed by atoms with Crippen LogP contribution in [0.2, 0.25) is 0 Å². The number of aliphatic hydroxyl groups is 4. The molecule has 6 heteroatoms. The Morgan fingerprint density at radius 3 is 1.92 bits per heavy atom. The highest BCUT2D eigenvalue weighted by molar-refractivity contribution is 6.27. The zero-order valence-corrected chi connectivity index (χ0v) is 6.99. The summed E-state index contributed by atoms with van der Waals surface area (Å²) >= 11 is 0. The molecule has 0 heterocycles. The van der Waals surface area contributed by atoms with Crippen LogP contribution in [0.1, 0.15) is 6.92 Å². The molecule has 4 N–H and O–H groups in total. The molecule has 0 rings (SSSR count). The molecule has 0 aromatic heterocycles. The van der Waals surface area contributed by atoms with Gasteiger partial charge >= 0.3 is 0 Å². The lowest BCUT2D eigenvalue weighted by atomic mass is 10.0. The summed E-state index contributed by atoms with van der Waals surface area (Å²) in [4.78, 5) is 20.4. The molecule has 0 aliphatic carbocycles. The van der Waals surface area contributed by atoms with E-state index in [1.54, 1.807) is 0 Å². The third-order valence-electron chi connectivity index (χ3n) is 1.58. The first-order chi connectivity index (χ1) is 5.91. The second kappa shape index (κ2) is 5.03. The molecule has 6 nitrogen and oxygen atoms in total. The minimum absolute atomic E-state index is 0.164. The van der Waals surface area contributed by atoms with Crippen LogP contribution < -0.4 is 0 Å². The SMILES string of the molecule is C[C@H](O)[C@@H](O)[C@@H](O)[C@H](O)C(=O)C=O. The average molecular weight is 192 g/mol. The number of hydrogen-bond acceptors (Lipinski definition) is 6. The second-order valence-corrected chi connectivity index (χ2v) is 2.69. The Morgan fingerprint density at radius 1 is 1.15 bits per heavy atom. The van der Waals surface area contributed by atoms with Crippen LogP contribution in [0.5, 0.6) is 0 Å². The molecule has 0 saturated heterocycles. The van der Waals surface area contributed by atoms with Gasteiger partial charge in [0.05, 0.1) is 6.10 Å². The first-order valence-corrected chi connectivity index (χ1v) is 3.63. The molecule has 0 radical (unpaired) electrons. The molecule has 0 aliphatic rings. The highest BCUT2D eigenvalue weighted by atomic mass is 16.4. The van der Waals surface area contributed by atoms with E-state index in [0.29, 0.717) is 0 Å². The van der Waals surface area contributed by atoms with Crippen LogP contribution in [0, 0.1) is 0 Å². The second-order valence-electron chi connectivity index (χ2n) is 2.69. The highest BCUT2D eigenvalue weighted by Crippen LogP contribution is 2.04. The van der Waals surface area contributed by atoms with Crippen LogP contribution in [-0.2, 0) is 9.59 Å². The van der Waals surface area contributed by atoms with Gasteiger partial charge in [0.2, 0.25) is 5.78 Å². The topological polar surface area (TPSA) is 115 Å². The summed E-state index contributed by atoms with van der Waals surface area (Å²) in [5, 5.41) is 35.7. The quantitative estimate of drug-likeness (QED) is 0.276. The van der Waals surface area contributed by atoms with Crippen LogP contribution in [0.25, 0.3) is 0 Å². The summed E-state index contributed by atoms with van der Waals surface area (Å²) in [5.74, 6) is -1.24. The van der Waals surface area contributed by atoms with Gasteiger partial charge in [-0.15, -0.1) is 0 Å². The molecule has 0 saturated carbocycles. The fourth-order valence-electron chi connectivity index (χ4n) is 0.710. The van der Waals surface area contributed by atoms with Crippen molar-refractivity contribution in [1.29, 1.82) is 0 Å². The zero-order chi connectivity index (χ0) is 10.6. The maximum Gasteiger partial charge on any atom is 0.226 e. The van der Waals surface area contributed by atoms with Crippen molar-refractivity contribution in [3.05, 3.63) is 0 Å². The summed E-state index contributed by atoms with van der Waals surface area (Å²) in [6.07, 6.45) is -6.99. The number of ketones is 1. The molecule has 0 aromatic rings.